The first-order chi connectivity index (χ1) is 18.9. The van der Waals surface area contributed by atoms with E-state index in [1.807, 2.05) is 64.1 Å². The van der Waals surface area contributed by atoms with Crippen LogP contribution in [-0.2, 0) is 9.53 Å². The molecule has 1 aliphatic carbocycles. The maximum absolute atomic E-state index is 11.1. The third-order valence-corrected chi connectivity index (χ3v) is 7.14. The van der Waals surface area contributed by atoms with Crippen molar-refractivity contribution < 1.29 is 9.53 Å². The van der Waals surface area contributed by atoms with Crippen LogP contribution in [0.5, 0.6) is 0 Å². The number of esters is 1. The Morgan fingerprint density at radius 2 is 1.48 bits per heavy atom. The summed E-state index contributed by atoms with van der Waals surface area (Å²) < 4.78 is 5.23. The summed E-state index contributed by atoms with van der Waals surface area (Å²) in [7, 11) is 0. The molecule has 3 aromatic rings. The summed E-state index contributed by atoms with van der Waals surface area (Å²) in [6, 6.07) is 18.5. The third kappa shape index (κ3) is 11.4. The summed E-state index contributed by atoms with van der Waals surface area (Å²) >= 11 is 0. The van der Waals surface area contributed by atoms with Crippen LogP contribution in [0.4, 0.5) is 0 Å². The van der Waals surface area contributed by atoms with E-state index in [9.17, 15) is 4.79 Å². The molecule has 0 N–H and O–H groups in total. The van der Waals surface area contributed by atoms with E-state index in [4.69, 9.17) is 4.74 Å². The molecule has 40 heavy (non-hydrogen) atoms. The molecule has 0 unspecified atom stereocenters. The molecule has 0 aliphatic heterocycles. The number of tetrazole rings is 1. The van der Waals surface area contributed by atoms with Gasteiger partial charge in [0.2, 0.25) is 5.82 Å². The quantitative estimate of drug-likeness (QED) is 0.228. The molecule has 0 radical (unpaired) electrons. The molecule has 1 aliphatic rings. The van der Waals surface area contributed by atoms with Gasteiger partial charge >= 0.3 is 5.97 Å². The van der Waals surface area contributed by atoms with Gasteiger partial charge < -0.3 is 4.74 Å². The largest absolute Gasteiger partial charge is 0.462 e. The molecule has 0 spiro atoms. The number of carbonyl (C=O) groups excluding carboxylic acids is 1. The molecule has 1 saturated carbocycles. The lowest BCUT2D eigenvalue weighted by Gasteiger charge is -2.22. The van der Waals surface area contributed by atoms with Crippen LogP contribution in [0, 0.1) is 17.3 Å². The van der Waals surface area contributed by atoms with Crippen LogP contribution in [0.2, 0.25) is 0 Å². The highest BCUT2D eigenvalue weighted by Crippen LogP contribution is 2.24. The van der Waals surface area contributed by atoms with Gasteiger partial charge in [-0.05, 0) is 67.2 Å². The highest BCUT2D eigenvalue weighted by Gasteiger charge is 2.20. The van der Waals surface area contributed by atoms with Crippen molar-refractivity contribution in [2.75, 3.05) is 0 Å². The predicted molar refractivity (Wildman–Crippen MR) is 166 cm³/mol. The number of benzene rings is 2. The van der Waals surface area contributed by atoms with Gasteiger partial charge in [-0.25, -0.2) is 0 Å². The molecular formula is C34H50N4O2. The second-order valence-electron chi connectivity index (χ2n) is 12.4. The normalized spacial score (nSPS) is 13.8. The lowest BCUT2D eigenvalue weighted by Crippen LogP contribution is -2.18. The van der Waals surface area contributed by atoms with Gasteiger partial charge in [0.1, 0.15) is 6.10 Å². The van der Waals surface area contributed by atoms with Crippen molar-refractivity contribution in [1.29, 1.82) is 0 Å². The topological polar surface area (TPSA) is 69.9 Å². The van der Waals surface area contributed by atoms with Crippen LogP contribution < -0.4 is 0 Å². The van der Waals surface area contributed by atoms with Gasteiger partial charge in [-0.15, -0.1) is 10.2 Å². The van der Waals surface area contributed by atoms with Crippen molar-refractivity contribution in [2.24, 2.45) is 17.3 Å². The maximum atomic E-state index is 11.1. The van der Waals surface area contributed by atoms with E-state index in [0.29, 0.717) is 11.2 Å². The molecule has 0 saturated heterocycles. The Kier molecular flexibility index (Phi) is 13.3. The van der Waals surface area contributed by atoms with Crippen LogP contribution in [0.1, 0.15) is 105 Å². The number of nitrogens with zero attached hydrogens (tertiary/aromatic N) is 4. The molecule has 218 valence electrons. The van der Waals surface area contributed by atoms with E-state index < -0.39 is 0 Å². The van der Waals surface area contributed by atoms with E-state index in [1.165, 1.54) is 12.8 Å². The van der Waals surface area contributed by atoms with Gasteiger partial charge in [-0.3, -0.25) is 4.79 Å². The van der Waals surface area contributed by atoms with E-state index in [-0.39, 0.29) is 24.0 Å². The zero-order valence-corrected chi connectivity index (χ0v) is 26.1. The van der Waals surface area contributed by atoms with Gasteiger partial charge in [0.15, 0.2) is 0 Å². The number of carbonyl (C=O) groups is 1. The fourth-order valence-corrected chi connectivity index (χ4v) is 3.45. The molecule has 6 nitrogen and oxygen atoms in total. The fourth-order valence-electron chi connectivity index (χ4n) is 3.45. The number of ether oxygens (including phenoxy) is 1. The molecule has 2 aromatic carbocycles. The number of hydrogen-bond donors (Lipinski definition) is 0. The molecule has 1 aromatic heterocycles. The zero-order chi connectivity index (χ0) is 29.7. The highest BCUT2D eigenvalue weighted by molar-refractivity contribution is 5.78. The molecule has 1 fully saturated rings. The third-order valence-electron chi connectivity index (χ3n) is 7.14. The van der Waals surface area contributed by atoms with Crippen LogP contribution in [-0.4, -0.2) is 32.3 Å². The van der Waals surface area contributed by atoms with Gasteiger partial charge in [-0.2, -0.15) is 4.80 Å². The SMILES string of the molecule is CC(C)C(=O)OC1CCCC1.CC(C)C(C)(C)C.CC(C)n1nnc(-c2ccccc2/C=C/c2ccccc2)n1. The average molecular weight is 547 g/mol. The van der Waals surface area contributed by atoms with Crippen molar-refractivity contribution >= 4 is 18.1 Å². The second kappa shape index (κ2) is 16.1. The Labute approximate surface area is 242 Å². The van der Waals surface area contributed by atoms with Crippen LogP contribution in [0.25, 0.3) is 23.5 Å². The van der Waals surface area contributed by atoms with Crippen molar-refractivity contribution in [2.45, 2.75) is 100 Å². The van der Waals surface area contributed by atoms with Crippen molar-refractivity contribution in [3.05, 3.63) is 65.7 Å². The lowest BCUT2D eigenvalue weighted by molar-refractivity contribution is -0.152. The van der Waals surface area contributed by atoms with E-state index >= 15 is 0 Å². The van der Waals surface area contributed by atoms with Crippen LogP contribution in [0.15, 0.2) is 54.6 Å². The summed E-state index contributed by atoms with van der Waals surface area (Å²) in [6.45, 7) is 19.1. The molecule has 4 rings (SSSR count). The fraction of sp³-hybridized carbons (Fsp3) is 0.529. The molecule has 1 heterocycles. The standard InChI is InChI=1S/C18H18N4.C9H16O2.C7H16/c1-14(2)22-20-18(19-21-22)17-11-7-6-10-16(17)13-12-15-8-4-3-5-9-15;1-7(2)9(10)11-8-5-3-4-6-8;1-6(2)7(3,4)5/h3-14H,1-2H3;7-8H,3-6H2,1-2H3;6H,1-5H3/b13-12+;;. The van der Waals surface area contributed by atoms with Crippen molar-refractivity contribution in [3.63, 3.8) is 0 Å². The monoisotopic (exact) mass is 546 g/mol. The number of hydrogen-bond acceptors (Lipinski definition) is 5. The summed E-state index contributed by atoms with van der Waals surface area (Å²) in [5.74, 6) is 1.43. The van der Waals surface area contributed by atoms with Gasteiger partial charge in [0, 0.05) is 5.56 Å². The predicted octanol–water partition coefficient (Wildman–Crippen LogP) is 8.91. The first-order valence-electron chi connectivity index (χ1n) is 14.7. The Balaban J connectivity index is 0.000000259. The molecule has 6 heteroatoms. The Morgan fingerprint density at radius 1 is 0.900 bits per heavy atom. The number of aromatic nitrogens is 4. The van der Waals surface area contributed by atoms with Crippen molar-refractivity contribution in [1.82, 2.24) is 20.2 Å². The van der Waals surface area contributed by atoms with E-state index in [2.05, 4.69) is 80.4 Å². The number of rotatable bonds is 6. The highest BCUT2D eigenvalue weighted by atomic mass is 16.5. The molecule has 0 amide bonds. The van der Waals surface area contributed by atoms with Gasteiger partial charge in [0.25, 0.3) is 0 Å². The first kappa shape index (κ1) is 32.9. The summed E-state index contributed by atoms with van der Waals surface area (Å²) in [5.41, 5.74) is 3.73. The van der Waals surface area contributed by atoms with E-state index in [0.717, 1.165) is 35.4 Å². The smallest absolute Gasteiger partial charge is 0.308 e. The Bertz CT molecular complexity index is 1170. The minimum absolute atomic E-state index is 0.0237. The Morgan fingerprint density at radius 3 is 2.00 bits per heavy atom. The molecule has 0 atom stereocenters. The Hall–Kier alpha value is -3.28. The van der Waals surface area contributed by atoms with Crippen LogP contribution >= 0.6 is 0 Å². The average Bonchev–Trinajstić information content (AvgIpc) is 3.61. The first-order valence-corrected chi connectivity index (χ1v) is 14.7. The minimum Gasteiger partial charge on any atom is -0.462 e. The van der Waals surface area contributed by atoms with E-state index in [1.54, 1.807) is 4.80 Å². The molecular weight excluding hydrogens is 496 g/mol. The summed E-state index contributed by atoms with van der Waals surface area (Å²) in [4.78, 5) is 12.7. The van der Waals surface area contributed by atoms with Crippen molar-refractivity contribution in [3.8, 4) is 11.4 Å². The lowest BCUT2D eigenvalue weighted by atomic mass is 9.84. The van der Waals surface area contributed by atoms with Crippen LogP contribution in [0.3, 0.4) is 0 Å². The maximum Gasteiger partial charge on any atom is 0.308 e. The van der Waals surface area contributed by atoms with Gasteiger partial charge in [-0.1, -0.05) is 115 Å². The zero-order valence-electron chi connectivity index (χ0n) is 26.1. The second-order valence-corrected chi connectivity index (χ2v) is 12.4. The van der Waals surface area contributed by atoms with Gasteiger partial charge in [0.05, 0.1) is 12.0 Å². The molecule has 0 bridgehead atoms. The minimum atomic E-state index is -0.0445. The summed E-state index contributed by atoms with van der Waals surface area (Å²) in [5, 5.41) is 12.7. The summed E-state index contributed by atoms with van der Waals surface area (Å²) in [6.07, 6.45) is 8.97.